The molecule has 0 unspecified atom stereocenters. The first-order valence-electron chi connectivity index (χ1n) is 5.28. The van der Waals surface area contributed by atoms with Gasteiger partial charge in [-0.15, -0.1) is 0 Å². The van der Waals surface area contributed by atoms with E-state index in [0.717, 1.165) is 24.9 Å². The molecule has 0 radical (unpaired) electrons. The summed E-state index contributed by atoms with van der Waals surface area (Å²) in [7, 11) is 0. The van der Waals surface area contributed by atoms with Gasteiger partial charge < -0.3 is 5.32 Å². The Morgan fingerprint density at radius 2 is 1.93 bits per heavy atom. The molecular formula is C12H16ClNO. The summed E-state index contributed by atoms with van der Waals surface area (Å²) in [5, 5.41) is 3.51. The van der Waals surface area contributed by atoms with Crippen LogP contribution in [0.25, 0.3) is 0 Å². The third-order valence-corrected chi connectivity index (χ3v) is 2.39. The fourth-order valence-electron chi connectivity index (χ4n) is 1.29. The van der Waals surface area contributed by atoms with Crippen LogP contribution in [0, 0.1) is 0 Å². The lowest BCUT2D eigenvalue weighted by molar-refractivity contribution is -0.116. The summed E-state index contributed by atoms with van der Waals surface area (Å²) in [5.74, 6) is 0.0748. The van der Waals surface area contributed by atoms with Crippen molar-refractivity contribution in [3.63, 3.8) is 0 Å². The van der Waals surface area contributed by atoms with Crippen molar-refractivity contribution in [1.29, 1.82) is 0 Å². The molecule has 0 aromatic heterocycles. The van der Waals surface area contributed by atoms with Gasteiger partial charge in [-0.1, -0.05) is 31.4 Å². The van der Waals surface area contributed by atoms with Gasteiger partial charge in [0.1, 0.15) is 0 Å². The Labute approximate surface area is 95.6 Å². The molecule has 0 saturated heterocycles. The quantitative estimate of drug-likeness (QED) is 0.758. The molecule has 3 heteroatoms. The number of halogens is 1. The topological polar surface area (TPSA) is 29.1 Å². The lowest BCUT2D eigenvalue weighted by Crippen LogP contribution is -2.10. The van der Waals surface area contributed by atoms with Crippen molar-refractivity contribution in [2.45, 2.75) is 32.6 Å². The summed E-state index contributed by atoms with van der Waals surface area (Å²) < 4.78 is 0. The number of carbonyl (C=O) groups is 1. The molecule has 0 aliphatic heterocycles. The minimum absolute atomic E-state index is 0.0748. The van der Waals surface area contributed by atoms with Gasteiger partial charge in [0.2, 0.25) is 5.91 Å². The highest BCUT2D eigenvalue weighted by Gasteiger charge is 2.01. The smallest absolute Gasteiger partial charge is 0.224 e. The number of carbonyl (C=O) groups excluding carboxylic acids is 1. The lowest BCUT2D eigenvalue weighted by atomic mass is 10.2. The second-order valence-corrected chi connectivity index (χ2v) is 3.95. The summed E-state index contributed by atoms with van der Waals surface area (Å²) in [5.41, 5.74) is 0.806. The molecule has 0 bridgehead atoms. The van der Waals surface area contributed by atoms with Crippen LogP contribution in [-0.2, 0) is 4.79 Å². The van der Waals surface area contributed by atoms with Gasteiger partial charge in [0.25, 0.3) is 0 Å². The third kappa shape index (κ3) is 4.84. The van der Waals surface area contributed by atoms with E-state index in [1.807, 2.05) is 0 Å². The fraction of sp³-hybridized carbons (Fsp3) is 0.417. The van der Waals surface area contributed by atoms with Crippen molar-refractivity contribution in [2.24, 2.45) is 0 Å². The average Bonchev–Trinajstić information content (AvgIpc) is 2.22. The van der Waals surface area contributed by atoms with Crippen molar-refractivity contribution in [3.8, 4) is 0 Å². The molecule has 0 spiro atoms. The van der Waals surface area contributed by atoms with Crippen molar-refractivity contribution >= 4 is 23.2 Å². The molecule has 0 heterocycles. The lowest BCUT2D eigenvalue weighted by Gasteiger charge is -2.04. The Morgan fingerprint density at radius 3 is 2.53 bits per heavy atom. The van der Waals surface area contributed by atoms with Gasteiger partial charge in [-0.3, -0.25) is 4.79 Å². The van der Waals surface area contributed by atoms with E-state index in [-0.39, 0.29) is 5.91 Å². The first-order valence-corrected chi connectivity index (χ1v) is 5.65. The van der Waals surface area contributed by atoms with Crippen LogP contribution in [0.1, 0.15) is 32.6 Å². The average molecular weight is 226 g/mol. The van der Waals surface area contributed by atoms with E-state index in [4.69, 9.17) is 11.6 Å². The number of nitrogens with one attached hydrogen (secondary N) is 1. The zero-order valence-electron chi connectivity index (χ0n) is 8.92. The minimum Gasteiger partial charge on any atom is -0.326 e. The SMILES string of the molecule is CCCCCC(=O)Nc1ccc(Cl)cc1. The molecular weight excluding hydrogens is 210 g/mol. The van der Waals surface area contributed by atoms with E-state index in [0.29, 0.717) is 11.4 Å². The van der Waals surface area contributed by atoms with Crippen LogP contribution in [0.2, 0.25) is 5.02 Å². The summed E-state index contributed by atoms with van der Waals surface area (Å²) in [4.78, 5) is 11.4. The third-order valence-electron chi connectivity index (χ3n) is 2.14. The molecule has 0 aliphatic rings. The van der Waals surface area contributed by atoms with Gasteiger partial charge in [0.15, 0.2) is 0 Å². The van der Waals surface area contributed by atoms with Crippen LogP contribution in [-0.4, -0.2) is 5.91 Å². The molecule has 1 N–H and O–H groups in total. The fourth-order valence-corrected chi connectivity index (χ4v) is 1.42. The summed E-state index contributed by atoms with van der Waals surface area (Å²) in [6, 6.07) is 7.15. The minimum atomic E-state index is 0.0748. The Morgan fingerprint density at radius 1 is 1.27 bits per heavy atom. The number of hydrogen-bond acceptors (Lipinski definition) is 1. The highest BCUT2D eigenvalue weighted by molar-refractivity contribution is 6.30. The molecule has 0 aliphatic carbocycles. The largest absolute Gasteiger partial charge is 0.326 e. The Kier molecular flexibility index (Phi) is 5.19. The van der Waals surface area contributed by atoms with E-state index in [1.165, 1.54) is 0 Å². The van der Waals surface area contributed by atoms with Gasteiger partial charge in [-0.2, -0.15) is 0 Å². The van der Waals surface area contributed by atoms with E-state index in [9.17, 15) is 4.79 Å². The van der Waals surface area contributed by atoms with Gasteiger partial charge in [0, 0.05) is 17.1 Å². The van der Waals surface area contributed by atoms with Crippen molar-refractivity contribution < 1.29 is 4.79 Å². The van der Waals surface area contributed by atoms with Crippen LogP contribution in [0.3, 0.4) is 0 Å². The number of hydrogen-bond donors (Lipinski definition) is 1. The Balaban J connectivity index is 2.34. The highest BCUT2D eigenvalue weighted by atomic mass is 35.5. The number of unbranched alkanes of at least 4 members (excludes halogenated alkanes) is 2. The van der Waals surface area contributed by atoms with Crippen LogP contribution >= 0.6 is 11.6 Å². The van der Waals surface area contributed by atoms with Crippen LogP contribution in [0.15, 0.2) is 24.3 Å². The molecule has 0 atom stereocenters. The summed E-state index contributed by atoms with van der Waals surface area (Å²) in [6.45, 7) is 2.12. The molecule has 1 aromatic carbocycles. The van der Waals surface area contributed by atoms with E-state index < -0.39 is 0 Å². The standard InChI is InChI=1S/C12H16ClNO/c1-2-3-4-5-12(15)14-11-8-6-10(13)7-9-11/h6-9H,2-5H2,1H3,(H,14,15). The van der Waals surface area contributed by atoms with Crippen LogP contribution < -0.4 is 5.32 Å². The second-order valence-electron chi connectivity index (χ2n) is 3.51. The van der Waals surface area contributed by atoms with Crippen LogP contribution in [0.4, 0.5) is 5.69 Å². The zero-order chi connectivity index (χ0) is 11.1. The zero-order valence-corrected chi connectivity index (χ0v) is 9.68. The number of rotatable bonds is 5. The normalized spacial score (nSPS) is 10.0. The summed E-state index contributed by atoms with van der Waals surface area (Å²) in [6.07, 6.45) is 3.79. The molecule has 2 nitrogen and oxygen atoms in total. The Bertz CT molecular complexity index is 308. The van der Waals surface area contributed by atoms with Gasteiger partial charge in [-0.05, 0) is 30.7 Å². The predicted molar refractivity (Wildman–Crippen MR) is 64.2 cm³/mol. The number of anilines is 1. The van der Waals surface area contributed by atoms with E-state index in [1.54, 1.807) is 24.3 Å². The number of amides is 1. The maximum Gasteiger partial charge on any atom is 0.224 e. The van der Waals surface area contributed by atoms with Gasteiger partial charge in [-0.25, -0.2) is 0 Å². The van der Waals surface area contributed by atoms with Gasteiger partial charge >= 0.3 is 0 Å². The van der Waals surface area contributed by atoms with E-state index in [2.05, 4.69) is 12.2 Å². The first kappa shape index (κ1) is 12.1. The van der Waals surface area contributed by atoms with Crippen molar-refractivity contribution in [3.05, 3.63) is 29.3 Å². The predicted octanol–water partition coefficient (Wildman–Crippen LogP) is 3.86. The second kappa shape index (κ2) is 6.46. The maximum absolute atomic E-state index is 11.4. The number of benzene rings is 1. The molecule has 0 fully saturated rings. The Hall–Kier alpha value is -1.02. The highest BCUT2D eigenvalue weighted by Crippen LogP contribution is 2.13. The molecule has 15 heavy (non-hydrogen) atoms. The monoisotopic (exact) mass is 225 g/mol. The van der Waals surface area contributed by atoms with Crippen molar-refractivity contribution in [1.82, 2.24) is 0 Å². The summed E-state index contributed by atoms with van der Waals surface area (Å²) >= 11 is 5.74. The molecule has 1 rings (SSSR count). The van der Waals surface area contributed by atoms with Gasteiger partial charge in [0.05, 0.1) is 0 Å². The molecule has 1 aromatic rings. The molecule has 82 valence electrons. The maximum atomic E-state index is 11.4. The first-order chi connectivity index (χ1) is 7.22. The molecule has 0 saturated carbocycles. The van der Waals surface area contributed by atoms with Crippen molar-refractivity contribution in [2.75, 3.05) is 5.32 Å². The van der Waals surface area contributed by atoms with E-state index >= 15 is 0 Å². The van der Waals surface area contributed by atoms with Crippen LogP contribution in [0.5, 0.6) is 0 Å². The molecule has 1 amide bonds.